The molecule has 0 aliphatic carbocycles. The van der Waals surface area contributed by atoms with Crippen molar-refractivity contribution in [2.75, 3.05) is 19.7 Å². The van der Waals surface area contributed by atoms with Crippen molar-refractivity contribution >= 4 is 16.9 Å². The van der Waals surface area contributed by atoms with Gasteiger partial charge in [0.25, 0.3) is 0 Å². The largest absolute Gasteiger partial charge is 0.466 e. The minimum atomic E-state index is -0.238. The molecule has 0 atom stereocenters. The van der Waals surface area contributed by atoms with Crippen molar-refractivity contribution < 1.29 is 13.9 Å². The highest BCUT2D eigenvalue weighted by atomic mass is 19.1. The molecule has 3 rings (SSSR count). The molecule has 5 heteroatoms. The Morgan fingerprint density at radius 3 is 2.87 bits per heavy atom. The molecule has 1 saturated heterocycles. The van der Waals surface area contributed by atoms with E-state index >= 15 is 0 Å². The SMILES string of the molecule is CCOC(=O)C1CCN(Cc2ccc(F)c3cccnc23)CC1. The quantitative estimate of drug-likeness (QED) is 0.813. The first kappa shape index (κ1) is 15.9. The summed E-state index contributed by atoms with van der Waals surface area (Å²) in [6, 6.07) is 6.82. The van der Waals surface area contributed by atoms with Crippen molar-refractivity contribution in [2.45, 2.75) is 26.3 Å². The molecule has 0 bridgehead atoms. The molecule has 1 aliphatic heterocycles. The van der Waals surface area contributed by atoms with Gasteiger partial charge in [-0.25, -0.2) is 4.39 Å². The van der Waals surface area contributed by atoms with Gasteiger partial charge in [-0.2, -0.15) is 0 Å². The molecule has 0 radical (unpaired) electrons. The Hall–Kier alpha value is -2.01. The van der Waals surface area contributed by atoms with Gasteiger partial charge in [-0.3, -0.25) is 14.7 Å². The lowest BCUT2D eigenvalue weighted by molar-refractivity contribution is -0.149. The fourth-order valence-electron chi connectivity index (χ4n) is 3.15. The number of ether oxygens (including phenoxy) is 1. The van der Waals surface area contributed by atoms with Gasteiger partial charge >= 0.3 is 5.97 Å². The lowest BCUT2D eigenvalue weighted by Crippen LogP contribution is -2.36. The molecule has 1 aromatic heterocycles. The molecule has 2 aromatic rings. The molecule has 122 valence electrons. The maximum absolute atomic E-state index is 13.9. The first-order valence-electron chi connectivity index (χ1n) is 8.10. The Balaban J connectivity index is 1.68. The number of hydrogen-bond acceptors (Lipinski definition) is 4. The molecule has 0 unspecified atom stereocenters. The molecule has 0 N–H and O–H groups in total. The van der Waals surface area contributed by atoms with Crippen LogP contribution < -0.4 is 0 Å². The second-order valence-electron chi connectivity index (χ2n) is 5.91. The zero-order valence-electron chi connectivity index (χ0n) is 13.3. The summed E-state index contributed by atoms with van der Waals surface area (Å²) in [5.41, 5.74) is 1.75. The highest BCUT2D eigenvalue weighted by Gasteiger charge is 2.26. The van der Waals surface area contributed by atoms with Gasteiger partial charge in [0.2, 0.25) is 0 Å². The van der Waals surface area contributed by atoms with Crippen LogP contribution in [-0.2, 0) is 16.1 Å². The summed E-state index contributed by atoms with van der Waals surface area (Å²) >= 11 is 0. The second-order valence-corrected chi connectivity index (χ2v) is 5.91. The number of halogens is 1. The van der Waals surface area contributed by atoms with Gasteiger partial charge in [-0.05, 0) is 56.6 Å². The standard InChI is InChI=1S/C18H21FN2O2/c1-2-23-18(22)13-7-10-21(11-8-13)12-14-5-6-16(19)15-4-3-9-20-17(14)15/h3-6,9,13H,2,7-8,10-12H2,1H3. The van der Waals surface area contributed by atoms with Crippen molar-refractivity contribution in [1.82, 2.24) is 9.88 Å². The lowest BCUT2D eigenvalue weighted by Gasteiger charge is -2.30. The molecule has 0 saturated carbocycles. The summed E-state index contributed by atoms with van der Waals surface area (Å²) < 4.78 is 18.9. The fourth-order valence-corrected chi connectivity index (χ4v) is 3.15. The van der Waals surface area contributed by atoms with E-state index in [4.69, 9.17) is 4.74 Å². The minimum Gasteiger partial charge on any atom is -0.466 e. The van der Waals surface area contributed by atoms with Crippen molar-refractivity contribution in [3.63, 3.8) is 0 Å². The van der Waals surface area contributed by atoms with E-state index in [1.165, 1.54) is 6.07 Å². The molecule has 4 nitrogen and oxygen atoms in total. The number of fused-ring (bicyclic) bond motifs is 1. The zero-order valence-corrected chi connectivity index (χ0v) is 13.3. The Morgan fingerprint density at radius 2 is 2.13 bits per heavy atom. The first-order chi connectivity index (χ1) is 11.2. The first-order valence-corrected chi connectivity index (χ1v) is 8.10. The summed E-state index contributed by atoms with van der Waals surface area (Å²) in [6.45, 7) is 4.68. The van der Waals surface area contributed by atoms with Gasteiger partial charge < -0.3 is 4.74 Å². The molecule has 1 fully saturated rings. The van der Waals surface area contributed by atoms with E-state index < -0.39 is 0 Å². The van der Waals surface area contributed by atoms with E-state index in [0.29, 0.717) is 12.0 Å². The van der Waals surface area contributed by atoms with Crippen LogP contribution in [0.2, 0.25) is 0 Å². The summed E-state index contributed by atoms with van der Waals surface area (Å²) in [5, 5.41) is 0.561. The predicted octanol–water partition coefficient (Wildman–Crippen LogP) is 3.15. The van der Waals surface area contributed by atoms with E-state index in [-0.39, 0.29) is 17.7 Å². The monoisotopic (exact) mass is 316 g/mol. The number of benzene rings is 1. The van der Waals surface area contributed by atoms with Crippen molar-refractivity contribution in [2.24, 2.45) is 5.92 Å². The molecule has 1 aromatic carbocycles. The van der Waals surface area contributed by atoms with Gasteiger partial charge in [-0.1, -0.05) is 6.07 Å². The average Bonchev–Trinajstić information content (AvgIpc) is 2.58. The van der Waals surface area contributed by atoms with Crippen molar-refractivity contribution in [3.8, 4) is 0 Å². The van der Waals surface area contributed by atoms with Crippen molar-refractivity contribution in [1.29, 1.82) is 0 Å². The van der Waals surface area contributed by atoms with Crippen LogP contribution >= 0.6 is 0 Å². The minimum absolute atomic E-state index is 0.00860. The maximum atomic E-state index is 13.9. The van der Waals surface area contributed by atoms with Crippen LogP contribution in [0.15, 0.2) is 30.5 Å². The number of piperidine rings is 1. The smallest absolute Gasteiger partial charge is 0.309 e. The Morgan fingerprint density at radius 1 is 1.35 bits per heavy atom. The van der Waals surface area contributed by atoms with Crippen LogP contribution in [0.4, 0.5) is 4.39 Å². The third-order valence-electron chi connectivity index (χ3n) is 4.40. The molecule has 0 amide bonds. The van der Waals surface area contributed by atoms with E-state index in [1.54, 1.807) is 18.3 Å². The van der Waals surface area contributed by atoms with Crippen LogP contribution in [-0.4, -0.2) is 35.5 Å². The third-order valence-corrected chi connectivity index (χ3v) is 4.40. The van der Waals surface area contributed by atoms with Crippen LogP contribution in [0.3, 0.4) is 0 Å². The number of carbonyl (C=O) groups is 1. The van der Waals surface area contributed by atoms with Gasteiger partial charge in [0.1, 0.15) is 5.82 Å². The Labute approximate surface area is 135 Å². The lowest BCUT2D eigenvalue weighted by atomic mass is 9.96. The van der Waals surface area contributed by atoms with Gasteiger partial charge in [0, 0.05) is 18.1 Å². The van der Waals surface area contributed by atoms with Crippen LogP contribution in [0.25, 0.3) is 10.9 Å². The number of carbonyl (C=O) groups excluding carboxylic acids is 1. The van der Waals surface area contributed by atoms with E-state index in [0.717, 1.165) is 43.6 Å². The van der Waals surface area contributed by atoms with Crippen LogP contribution in [0.5, 0.6) is 0 Å². The topological polar surface area (TPSA) is 42.4 Å². The molecule has 0 spiro atoms. The van der Waals surface area contributed by atoms with Crippen molar-refractivity contribution in [3.05, 3.63) is 41.8 Å². The Kier molecular flexibility index (Phi) is 4.86. The Bertz CT molecular complexity index is 696. The van der Waals surface area contributed by atoms with Gasteiger partial charge in [0.15, 0.2) is 0 Å². The molecular formula is C18H21FN2O2. The third kappa shape index (κ3) is 3.50. The number of rotatable bonds is 4. The molecule has 2 heterocycles. The highest BCUT2D eigenvalue weighted by molar-refractivity contribution is 5.82. The summed E-state index contributed by atoms with van der Waals surface area (Å²) in [4.78, 5) is 18.4. The zero-order chi connectivity index (χ0) is 16.2. The number of likely N-dealkylation sites (tertiary alicyclic amines) is 1. The number of hydrogen-bond donors (Lipinski definition) is 0. The number of nitrogens with zero attached hydrogens (tertiary/aromatic N) is 2. The predicted molar refractivity (Wildman–Crippen MR) is 86.3 cm³/mol. The average molecular weight is 316 g/mol. The van der Waals surface area contributed by atoms with E-state index in [2.05, 4.69) is 9.88 Å². The van der Waals surface area contributed by atoms with E-state index in [9.17, 15) is 9.18 Å². The van der Waals surface area contributed by atoms with Crippen LogP contribution in [0, 0.1) is 11.7 Å². The normalized spacial score (nSPS) is 16.6. The second kappa shape index (κ2) is 7.04. The van der Waals surface area contributed by atoms with E-state index in [1.807, 2.05) is 13.0 Å². The van der Waals surface area contributed by atoms with Gasteiger partial charge in [0.05, 0.1) is 18.0 Å². The number of aromatic nitrogens is 1. The molecule has 1 aliphatic rings. The number of esters is 1. The number of pyridine rings is 1. The molecule has 23 heavy (non-hydrogen) atoms. The highest BCUT2D eigenvalue weighted by Crippen LogP contribution is 2.24. The summed E-state index contributed by atoms with van der Waals surface area (Å²) in [5.74, 6) is -0.312. The van der Waals surface area contributed by atoms with Crippen LogP contribution in [0.1, 0.15) is 25.3 Å². The maximum Gasteiger partial charge on any atom is 0.309 e. The fraction of sp³-hybridized carbons (Fsp3) is 0.444. The van der Waals surface area contributed by atoms with Gasteiger partial charge in [-0.15, -0.1) is 0 Å². The summed E-state index contributed by atoms with van der Waals surface area (Å²) in [6.07, 6.45) is 3.31. The summed E-state index contributed by atoms with van der Waals surface area (Å²) in [7, 11) is 0. The molecular weight excluding hydrogens is 295 g/mol.